The first kappa shape index (κ1) is 16.8. The number of carbonyl (C=O) groups is 1. The molecule has 6 atom stereocenters. The maximum atomic E-state index is 11.7. The van der Waals surface area contributed by atoms with Crippen LogP contribution in [0.1, 0.15) is 40.0 Å². The molecule has 2 unspecified atom stereocenters. The van der Waals surface area contributed by atoms with Gasteiger partial charge in [-0.3, -0.25) is 4.79 Å². The third-order valence-corrected chi connectivity index (χ3v) is 6.91. The van der Waals surface area contributed by atoms with Crippen LogP contribution in [0, 0.1) is 22.7 Å². The molecule has 0 aliphatic heterocycles. The Balaban J connectivity index is 1.89. The number of aliphatic hydroxyl groups is 2. The number of esters is 1. The van der Waals surface area contributed by atoms with E-state index in [2.05, 4.69) is 26.0 Å². The molecule has 134 valence electrons. The molecule has 0 amide bonds. The standard InChI is InChI=1S/C21H26O4/c1-12(22)25-17-11-13-10-14(23)6-8-20(13,2)16-7-9-21(3)15(19(16)17)4-5-18(21)24/h4-6,8,11,14-16,18,23-24H,7,9-10H2,1-3H3/t14?,15-,16+,18?,20-,21-/m0/s1. The number of allylic oxidation sites excluding steroid dienone is 4. The number of carbonyl (C=O) groups excluding carboxylic acids is 1. The number of aliphatic hydroxyl groups excluding tert-OH is 2. The van der Waals surface area contributed by atoms with Crippen molar-refractivity contribution in [3.05, 3.63) is 47.3 Å². The summed E-state index contributed by atoms with van der Waals surface area (Å²) in [5.41, 5.74) is 1.85. The molecule has 4 heteroatoms. The summed E-state index contributed by atoms with van der Waals surface area (Å²) in [6.45, 7) is 5.76. The summed E-state index contributed by atoms with van der Waals surface area (Å²) >= 11 is 0. The Hall–Kier alpha value is -1.65. The van der Waals surface area contributed by atoms with Gasteiger partial charge in [-0.1, -0.05) is 43.7 Å². The highest BCUT2D eigenvalue weighted by Gasteiger charge is 2.55. The van der Waals surface area contributed by atoms with Gasteiger partial charge < -0.3 is 14.9 Å². The van der Waals surface area contributed by atoms with Crippen LogP contribution < -0.4 is 0 Å². The molecule has 0 aromatic rings. The topological polar surface area (TPSA) is 66.8 Å². The Morgan fingerprint density at radius 3 is 2.72 bits per heavy atom. The first-order chi connectivity index (χ1) is 11.8. The van der Waals surface area contributed by atoms with E-state index in [0.29, 0.717) is 12.2 Å². The molecule has 1 saturated carbocycles. The van der Waals surface area contributed by atoms with Gasteiger partial charge in [0.25, 0.3) is 0 Å². The van der Waals surface area contributed by atoms with Crippen molar-refractivity contribution >= 4 is 5.97 Å². The first-order valence-electron chi connectivity index (χ1n) is 9.13. The number of rotatable bonds is 1. The van der Waals surface area contributed by atoms with Crippen molar-refractivity contribution in [2.24, 2.45) is 22.7 Å². The largest absolute Gasteiger partial charge is 0.427 e. The Kier molecular flexibility index (Phi) is 3.64. The van der Waals surface area contributed by atoms with Crippen LogP contribution in [0.3, 0.4) is 0 Å². The molecule has 0 aromatic carbocycles. The zero-order valence-electron chi connectivity index (χ0n) is 15.0. The molecule has 25 heavy (non-hydrogen) atoms. The fourth-order valence-corrected chi connectivity index (χ4v) is 5.35. The predicted octanol–water partition coefficient (Wildman–Crippen LogP) is 3.03. The van der Waals surface area contributed by atoms with Gasteiger partial charge in [0.1, 0.15) is 5.76 Å². The molecule has 0 heterocycles. The van der Waals surface area contributed by atoms with E-state index in [-0.39, 0.29) is 28.6 Å². The average Bonchev–Trinajstić information content (AvgIpc) is 2.84. The van der Waals surface area contributed by atoms with Gasteiger partial charge in [0, 0.05) is 23.7 Å². The van der Waals surface area contributed by atoms with Crippen LogP contribution in [0.5, 0.6) is 0 Å². The molecule has 4 rings (SSSR count). The van der Waals surface area contributed by atoms with Crippen LogP contribution in [0.15, 0.2) is 47.3 Å². The van der Waals surface area contributed by atoms with E-state index >= 15 is 0 Å². The van der Waals surface area contributed by atoms with E-state index in [1.54, 1.807) is 0 Å². The van der Waals surface area contributed by atoms with Crippen molar-refractivity contribution < 1.29 is 19.7 Å². The Labute approximate surface area is 148 Å². The van der Waals surface area contributed by atoms with Crippen LogP contribution in [-0.2, 0) is 9.53 Å². The van der Waals surface area contributed by atoms with Crippen molar-refractivity contribution in [2.45, 2.75) is 52.2 Å². The summed E-state index contributed by atoms with van der Waals surface area (Å²) in [7, 11) is 0. The minimum absolute atomic E-state index is 0.0745. The van der Waals surface area contributed by atoms with Gasteiger partial charge in [-0.2, -0.15) is 0 Å². The maximum absolute atomic E-state index is 11.7. The number of fused-ring (bicyclic) bond motifs is 5. The van der Waals surface area contributed by atoms with Gasteiger partial charge >= 0.3 is 5.97 Å². The smallest absolute Gasteiger partial charge is 0.308 e. The van der Waals surface area contributed by atoms with Crippen molar-refractivity contribution in [3.8, 4) is 0 Å². The minimum atomic E-state index is -0.485. The molecular formula is C21H26O4. The molecular weight excluding hydrogens is 316 g/mol. The molecule has 0 saturated heterocycles. The van der Waals surface area contributed by atoms with Gasteiger partial charge in [-0.05, 0) is 36.8 Å². The van der Waals surface area contributed by atoms with Crippen LogP contribution in [0.25, 0.3) is 0 Å². The Morgan fingerprint density at radius 2 is 2.00 bits per heavy atom. The van der Waals surface area contributed by atoms with Crippen molar-refractivity contribution in [1.82, 2.24) is 0 Å². The maximum Gasteiger partial charge on any atom is 0.308 e. The van der Waals surface area contributed by atoms with E-state index in [1.165, 1.54) is 6.92 Å². The van der Waals surface area contributed by atoms with Gasteiger partial charge in [0.2, 0.25) is 0 Å². The quantitative estimate of drug-likeness (QED) is 0.568. The lowest BCUT2D eigenvalue weighted by molar-refractivity contribution is -0.136. The molecule has 0 radical (unpaired) electrons. The summed E-state index contributed by atoms with van der Waals surface area (Å²) in [4.78, 5) is 11.7. The summed E-state index contributed by atoms with van der Waals surface area (Å²) in [5, 5.41) is 20.6. The highest BCUT2D eigenvalue weighted by atomic mass is 16.5. The van der Waals surface area contributed by atoms with Crippen molar-refractivity contribution in [1.29, 1.82) is 0 Å². The molecule has 0 bridgehead atoms. The molecule has 1 fully saturated rings. The van der Waals surface area contributed by atoms with Crippen molar-refractivity contribution in [2.75, 3.05) is 0 Å². The normalized spacial score (nSPS) is 44.8. The van der Waals surface area contributed by atoms with E-state index in [4.69, 9.17) is 4.74 Å². The zero-order chi connectivity index (χ0) is 18.0. The second-order valence-electron chi connectivity index (χ2n) is 8.40. The van der Waals surface area contributed by atoms with Crippen LogP contribution in [0.4, 0.5) is 0 Å². The molecule has 4 aliphatic rings. The number of hydrogen-bond acceptors (Lipinski definition) is 4. The van der Waals surface area contributed by atoms with Crippen LogP contribution in [-0.4, -0.2) is 28.4 Å². The third-order valence-electron chi connectivity index (χ3n) is 6.91. The monoisotopic (exact) mass is 342 g/mol. The van der Waals surface area contributed by atoms with E-state index in [1.807, 2.05) is 18.2 Å². The summed E-state index contributed by atoms with van der Waals surface area (Å²) < 4.78 is 5.62. The Bertz CT molecular complexity index is 743. The summed E-state index contributed by atoms with van der Waals surface area (Å²) in [6, 6.07) is 0. The number of hydrogen-bond donors (Lipinski definition) is 2. The predicted molar refractivity (Wildman–Crippen MR) is 94.2 cm³/mol. The van der Waals surface area contributed by atoms with E-state index in [9.17, 15) is 15.0 Å². The minimum Gasteiger partial charge on any atom is -0.427 e. The van der Waals surface area contributed by atoms with Crippen LogP contribution >= 0.6 is 0 Å². The average molecular weight is 342 g/mol. The van der Waals surface area contributed by atoms with Gasteiger partial charge in [-0.25, -0.2) is 0 Å². The van der Waals surface area contributed by atoms with E-state index in [0.717, 1.165) is 24.0 Å². The second kappa shape index (κ2) is 5.42. The molecule has 0 spiro atoms. The zero-order valence-corrected chi connectivity index (χ0v) is 15.0. The lowest BCUT2D eigenvalue weighted by atomic mass is 9.52. The van der Waals surface area contributed by atoms with Gasteiger partial charge in [0.05, 0.1) is 12.2 Å². The molecule has 0 aromatic heterocycles. The summed E-state index contributed by atoms with van der Waals surface area (Å²) in [6.07, 6.45) is 11.4. The molecule has 2 N–H and O–H groups in total. The highest BCUT2D eigenvalue weighted by Crippen LogP contribution is 2.62. The molecule has 4 nitrogen and oxygen atoms in total. The lowest BCUT2D eigenvalue weighted by Gasteiger charge is -2.52. The Morgan fingerprint density at radius 1 is 1.24 bits per heavy atom. The van der Waals surface area contributed by atoms with E-state index < -0.39 is 12.2 Å². The van der Waals surface area contributed by atoms with Gasteiger partial charge in [-0.15, -0.1) is 0 Å². The van der Waals surface area contributed by atoms with Crippen LogP contribution in [0.2, 0.25) is 0 Å². The SMILES string of the molecule is CC(=O)OC1=C2[C@@H](CC[C@]3(C)C(O)C=C[C@@H]23)[C@@]2(C)C=CC(O)CC2=C1. The summed E-state index contributed by atoms with van der Waals surface area (Å²) in [5.74, 6) is 0.592. The first-order valence-corrected chi connectivity index (χ1v) is 9.13. The third kappa shape index (κ3) is 2.31. The van der Waals surface area contributed by atoms with Crippen molar-refractivity contribution in [3.63, 3.8) is 0 Å². The number of ether oxygens (including phenoxy) is 1. The molecule has 4 aliphatic carbocycles. The highest BCUT2D eigenvalue weighted by molar-refractivity contribution is 5.68. The fourth-order valence-electron chi connectivity index (χ4n) is 5.35. The second-order valence-corrected chi connectivity index (χ2v) is 8.40. The fraction of sp³-hybridized carbons (Fsp3) is 0.571. The van der Waals surface area contributed by atoms with Gasteiger partial charge in [0.15, 0.2) is 0 Å². The lowest BCUT2D eigenvalue weighted by Crippen LogP contribution is -2.47.